The maximum atomic E-state index is 12.5. The van der Waals surface area contributed by atoms with Gasteiger partial charge in [-0.1, -0.05) is 35.9 Å². The van der Waals surface area contributed by atoms with Crippen molar-refractivity contribution >= 4 is 27.5 Å². The third kappa shape index (κ3) is 4.75. The summed E-state index contributed by atoms with van der Waals surface area (Å²) in [7, 11) is -3.96. The van der Waals surface area contributed by atoms with Crippen molar-refractivity contribution in [3.8, 4) is 0 Å². The summed E-state index contributed by atoms with van der Waals surface area (Å²) in [5.41, 5.74) is 2.53. The molecule has 140 valence electrons. The zero-order valence-electron chi connectivity index (χ0n) is 14.6. The average Bonchev–Trinajstić information content (AvgIpc) is 3.08. The normalized spacial score (nSPS) is 11.3. The minimum atomic E-state index is -3.96. The SMILES string of the molecule is CC(=O)NS(=O)(=O)c1ccc(Cl)cc1Cc1ccccc1Cn1ccnc1. The van der Waals surface area contributed by atoms with E-state index < -0.39 is 15.9 Å². The summed E-state index contributed by atoms with van der Waals surface area (Å²) in [6, 6.07) is 12.3. The molecule has 2 aromatic carbocycles. The highest BCUT2D eigenvalue weighted by Gasteiger charge is 2.20. The molecule has 1 N–H and O–H groups in total. The Kier molecular flexibility index (Phi) is 5.62. The van der Waals surface area contributed by atoms with Crippen LogP contribution in [0, 0.1) is 0 Å². The van der Waals surface area contributed by atoms with Crippen LogP contribution in [0.15, 0.2) is 66.1 Å². The minimum absolute atomic E-state index is 0.0412. The molecule has 0 aliphatic heterocycles. The first-order valence-corrected chi connectivity index (χ1v) is 10.1. The molecular formula is C19H18ClN3O3S. The number of carbonyl (C=O) groups is 1. The Morgan fingerprint density at radius 3 is 2.56 bits per heavy atom. The molecular weight excluding hydrogens is 386 g/mol. The molecule has 0 bridgehead atoms. The third-order valence-electron chi connectivity index (χ3n) is 4.00. The Hall–Kier alpha value is -2.64. The number of aromatic nitrogens is 2. The Bertz CT molecular complexity index is 1060. The van der Waals surface area contributed by atoms with Gasteiger partial charge in [0.05, 0.1) is 11.2 Å². The molecule has 8 heteroatoms. The smallest absolute Gasteiger partial charge is 0.264 e. The summed E-state index contributed by atoms with van der Waals surface area (Å²) < 4.78 is 29.0. The predicted octanol–water partition coefficient (Wildman–Crippen LogP) is 3.00. The lowest BCUT2D eigenvalue weighted by Crippen LogP contribution is -2.29. The average molecular weight is 404 g/mol. The fraction of sp³-hybridized carbons (Fsp3) is 0.158. The Morgan fingerprint density at radius 1 is 1.15 bits per heavy atom. The van der Waals surface area contributed by atoms with E-state index >= 15 is 0 Å². The monoisotopic (exact) mass is 403 g/mol. The van der Waals surface area contributed by atoms with E-state index in [0.29, 0.717) is 23.6 Å². The number of amides is 1. The molecule has 1 aromatic heterocycles. The quantitative estimate of drug-likeness (QED) is 0.686. The van der Waals surface area contributed by atoms with Gasteiger partial charge in [-0.15, -0.1) is 0 Å². The van der Waals surface area contributed by atoms with Crippen LogP contribution in [0.5, 0.6) is 0 Å². The largest absolute Gasteiger partial charge is 0.333 e. The molecule has 0 saturated carbocycles. The molecule has 27 heavy (non-hydrogen) atoms. The predicted molar refractivity (Wildman–Crippen MR) is 103 cm³/mol. The molecule has 0 spiro atoms. The number of halogens is 1. The van der Waals surface area contributed by atoms with Crippen LogP contribution in [0.1, 0.15) is 23.6 Å². The van der Waals surface area contributed by atoms with E-state index in [1.54, 1.807) is 18.6 Å². The van der Waals surface area contributed by atoms with Crippen molar-refractivity contribution in [2.24, 2.45) is 0 Å². The lowest BCUT2D eigenvalue weighted by molar-refractivity contribution is -0.117. The standard InChI is InChI=1S/C19H18ClN3O3S/c1-14(24)22-27(25,26)19-7-6-18(20)11-17(19)10-15-4-2-3-5-16(15)12-23-9-8-21-13-23/h2-9,11,13H,10,12H2,1H3,(H,22,24). The van der Waals surface area contributed by atoms with Crippen LogP contribution in [-0.4, -0.2) is 23.9 Å². The fourth-order valence-electron chi connectivity index (χ4n) is 2.86. The van der Waals surface area contributed by atoms with Crippen LogP contribution in [0.2, 0.25) is 5.02 Å². The van der Waals surface area contributed by atoms with Crippen LogP contribution in [0.3, 0.4) is 0 Å². The number of hydrogen-bond acceptors (Lipinski definition) is 4. The highest BCUT2D eigenvalue weighted by molar-refractivity contribution is 7.90. The minimum Gasteiger partial charge on any atom is -0.333 e. The summed E-state index contributed by atoms with van der Waals surface area (Å²) in [6.45, 7) is 1.78. The summed E-state index contributed by atoms with van der Waals surface area (Å²) >= 11 is 6.10. The van der Waals surface area contributed by atoms with Crippen LogP contribution < -0.4 is 4.72 Å². The van der Waals surface area contributed by atoms with Gasteiger partial charge in [-0.3, -0.25) is 4.79 Å². The van der Waals surface area contributed by atoms with Gasteiger partial charge in [0.25, 0.3) is 10.0 Å². The van der Waals surface area contributed by atoms with E-state index in [4.69, 9.17) is 11.6 Å². The van der Waals surface area contributed by atoms with Crippen LogP contribution in [0.4, 0.5) is 0 Å². The number of nitrogens with one attached hydrogen (secondary N) is 1. The highest BCUT2D eigenvalue weighted by atomic mass is 35.5. The van der Waals surface area contributed by atoms with Crippen LogP contribution in [-0.2, 0) is 27.8 Å². The van der Waals surface area contributed by atoms with E-state index in [9.17, 15) is 13.2 Å². The van der Waals surface area contributed by atoms with Gasteiger partial charge >= 0.3 is 0 Å². The number of carbonyl (C=O) groups excluding carboxylic acids is 1. The van der Waals surface area contributed by atoms with Crippen LogP contribution >= 0.6 is 11.6 Å². The van der Waals surface area contributed by atoms with Gasteiger partial charge < -0.3 is 4.57 Å². The first-order valence-electron chi connectivity index (χ1n) is 8.19. The maximum absolute atomic E-state index is 12.5. The number of sulfonamides is 1. The van der Waals surface area contributed by atoms with Crippen molar-refractivity contribution in [1.82, 2.24) is 14.3 Å². The summed E-state index contributed by atoms with van der Waals surface area (Å²) in [5, 5.41) is 0.430. The molecule has 0 saturated heterocycles. The van der Waals surface area contributed by atoms with E-state index in [1.807, 2.05) is 39.8 Å². The maximum Gasteiger partial charge on any atom is 0.264 e. The Labute approximate surface area is 162 Å². The van der Waals surface area contributed by atoms with Gasteiger partial charge in [0.2, 0.25) is 5.91 Å². The lowest BCUT2D eigenvalue weighted by atomic mass is 9.99. The van der Waals surface area contributed by atoms with Crippen molar-refractivity contribution in [2.45, 2.75) is 24.8 Å². The van der Waals surface area contributed by atoms with Crippen molar-refractivity contribution in [1.29, 1.82) is 0 Å². The number of rotatable bonds is 6. The van der Waals surface area contributed by atoms with Crippen molar-refractivity contribution in [2.75, 3.05) is 0 Å². The van der Waals surface area contributed by atoms with Crippen molar-refractivity contribution in [3.63, 3.8) is 0 Å². The second-order valence-corrected chi connectivity index (χ2v) is 8.18. The van der Waals surface area contributed by atoms with E-state index in [1.165, 1.54) is 12.1 Å². The molecule has 3 rings (SSSR count). The van der Waals surface area contributed by atoms with Crippen LogP contribution in [0.25, 0.3) is 0 Å². The molecule has 6 nitrogen and oxygen atoms in total. The molecule has 0 aliphatic rings. The number of imidazole rings is 1. The molecule has 0 fully saturated rings. The Balaban J connectivity index is 1.99. The first kappa shape index (κ1) is 19.1. The molecule has 0 atom stereocenters. The zero-order chi connectivity index (χ0) is 19.4. The summed E-state index contributed by atoms with van der Waals surface area (Å²) in [5.74, 6) is -0.642. The molecule has 1 heterocycles. The Morgan fingerprint density at radius 2 is 1.89 bits per heavy atom. The summed E-state index contributed by atoms with van der Waals surface area (Å²) in [6.07, 6.45) is 5.66. The summed E-state index contributed by atoms with van der Waals surface area (Å²) in [4.78, 5) is 15.4. The second-order valence-electron chi connectivity index (χ2n) is 6.09. The molecule has 1 amide bonds. The van der Waals surface area contributed by atoms with E-state index in [2.05, 4.69) is 4.98 Å². The topological polar surface area (TPSA) is 81.1 Å². The first-order chi connectivity index (χ1) is 12.8. The van der Waals surface area contributed by atoms with Gasteiger partial charge in [0.15, 0.2) is 0 Å². The number of benzene rings is 2. The molecule has 0 radical (unpaired) electrons. The molecule has 3 aromatic rings. The van der Waals surface area contributed by atoms with Gasteiger partial charge in [-0.05, 0) is 41.3 Å². The van der Waals surface area contributed by atoms with E-state index in [0.717, 1.165) is 18.1 Å². The molecule has 0 aliphatic carbocycles. The third-order valence-corrected chi connectivity index (χ3v) is 5.77. The van der Waals surface area contributed by atoms with Gasteiger partial charge in [-0.25, -0.2) is 18.1 Å². The lowest BCUT2D eigenvalue weighted by Gasteiger charge is -2.14. The highest BCUT2D eigenvalue weighted by Crippen LogP contribution is 2.25. The fourth-order valence-corrected chi connectivity index (χ4v) is 4.27. The second kappa shape index (κ2) is 7.94. The van der Waals surface area contributed by atoms with Crippen molar-refractivity contribution < 1.29 is 13.2 Å². The number of hydrogen-bond donors (Lipinski definition) is 1. The molecule has 0 unspecified atom stereocenters. The number of nitrogens with zero attached hydrogens (tertiary/aromatic N) is 2. The van der Waals surface area contributed by atoms with Gasteiger partial charge in [-0.2, -0.15) is 0 Å². The van der Waals surface area contributed by atoms with Crippen molar-refractivity contribution in [3.05, 3.63) is 82.9 Å². The zero-order valence-corrected chi connectivity index (χ0v) is 16.2. The van der Waals surface area contributed by atoms with Gasteiger partial charge in [0.1, 0.15) is 0 Å². The van der Waals surface area contributed by atoms with E-state index in [-0.39, 0.29) is 4.90 Å². The van der Waals surface area contributed by atoms with Gasteiger partial charge in [0, 0.05) is 30.9 Å².